The van der Waals surface area contributed by atoms with E-state index in [0.717, 1.165) is 11.4 Å². The van der Waals surface area contributed by atoms with E-state index in [1.54, 1.807) is 19.1 Å². The van der Waals surface area contributed by atoms with Crippen LogP contribution in [0.5, 0.6) is 5.75 Å². The minimum atomic E-state index is -0.362. The number of anilines is 1. The molecule has 3 aromatic rings. The number of methoxy groups -OCH3 is 1. The van der Waals surface area contributed by atoms with Gasteiger partial charge in [-0.05, 0) is 24.3 Å². The predicted molar refractivity (Wildman–Crippen MR) is 108 cm³/mol. The summed E-state index contributed by atoms with van der Waals surface area (Å²) in [4.78, 5) is 33.9. The predicted octanol–water partition coefficient (Wildman–Crippen LogP) is 1.90. The fourth-order valence-corrected chi connectivity index (χ4v) is 3.54. The van der Waals surface area contributed by atoms with Gasteiger partial charge in [-0.3, -0.25) is 9.59 Å². The maximum atomic E-state index is 13.0. The zero-order valence-electron chi connectivity index (χ0n) is 16.0. The van der Waals surface area contributed by atoms with Crippen LogP contribution in [0.1, 0.15) is 10.5 Å². The van der Waals surface area contributed by atoms with E-state index in [9.17, 15) is 9.59 Å². The van der Waals surface area contributed by atoms with Crippen molar-refractivity contribution in [3.05, 3.63) is 64.6 Å². The third-order valence-corrected chi connectivity index (χ3v) is 5.17. The van der Waals surface area contributed by atoms with E-state index in [1.807, 2.05) is 48.5 Å². The van der Waals surface area contributed by atoms with Crippen molar-refractivity contribution in [2.45, 2.75) is 0 Å². The third-order valence-electron chi connectivity index (χ3n) is 5.17. The molecule has 1 fully saturated rings. The summed E-state index contributed by atoms with van der Waals surface area (Å²) in [7, 11) is 3.32. The minimum absolute atomic E-state index is 0.0176. The summed E-state index contributed by atoms with van der Waals surface area (Å²) in [6, 6.07) is 15.2. The van der Waals surface area contributed by atoms with Crippen LogP contribution in [0.25, 0.3) is 11.0 Å². The number of hydrogen-bond acceptors (Lipinski definition) is 5. The molecule has 7 nitrogen and oxygen atoms in total. The van der Waals surface area contributed by atoms with Crippen LogP contribution < -0.4 is 15.2 Å². The molecular formula is C21H22N4O3. The van der Waals surface area contributed by atoms with Crippen LogP contribution in [0.2, 0.25) is 0 Å². The van der Waals surface area contributed by atoms with E-state index >= 15 is 0 Å². The monoisotopic (exact) mass is 378 g/mol. The Bertz CT molecular complexity index is 1080. The lowest BCUT2D eigenvalue weighted by Gasteiger charge is -2.36. The number of fused-ring (bicyclic) bond motifs is 1. The number of benzene rings is 2. The average molecular weight is 378 g/mol. The van der Waals surface area contributed by atoms with Crippen LogP contribution in [-0.4, -0.2) is 53.6 Å². The van der Waals surface area contributed by atoms with Crippen LogP contribution in [0.3, 0.4) is 0 Å². The molecule has 0 unspecified atom stereocenters. The largest absolute Gasteiger partial charge is 0.497 e. The van der Waals surface area contributed by atoms with Gasteiger partial charge in [0.05, 0.1) is 18.1 Å². The number of aryl methyl sites for hydroxylation is 1. The highest BCUT2D eigenvalue weighted by Crippen LogP contribution is 2.22. The summed E-state index contributed by atoms with van der Waals surface area (Å²) in [5, 5.41) is 0. The number of ether oxygens (including phenoxy) is 1. The van der Waals surface area contributed by atoms with E-state index in [2.05, 4.69) is 9.88 Å². The maximum absolute atomic E-state index is 13.0. The molecule has 1 aliphatic heterocycles. The molecule has 144 valence electrons. The quantitative estimate of drug-likeness (QED) is 0.696. The number of aromatic nitrogens is 2. The average Bonchev–Trinajstić information content (AvgIpc) is 2.76. The number of carbonyl (C=O) groups excluding carboxylic acids is 1. The van der Waals surface area contributed by atoms with Crippen molar-refractivity contribution >= 4 is 22.6 Å². The Kier molecular flexibility index (Phi) is 4.73. The van der Waals surface area contributed by atoms with Crippen molar-refractivity contribution in [2.75, 3.05) is 38.2 Å². The first-order valence-electron chi connectivity index (χ1n) is 9.22. The first-order valence-corrected chi connectivity index (χ1v) is 9.22. The molecule has 0 aliphatic carbocycles. The molecule has 7 heteroatoms. The molecule has 1 amide bonds. The van der Waals surface area contributed by atoms with Crippen molar-refractivity contribution in [3.8, 4) is 5.75 Å². The SMILES string of the molecule is COc1cccc(N2CCN(C(=O)c3nc4ccccc4n(C)c3=O)CC2)c1. The van der Waals surface area contributed by atoms with E-state index in [-0.39, 0.29) is 17.2 Å². The molecule has 0 spiro atoms. The van der Waals surface area contributed by atoms with Crippen LogP contribution >= 0.6 is 0 Å². The highest BCUT2D eigenvalue weighted by Gasteiger charge is 2.26. The summed E-state index contributed by atoms with van der Waals surface area (Å²) >= 11 is 0. The fourth-order valence-electron chi connectivity index (χ4n) is 3.54. The second-order valence-corrected chi connectivity index (χ2v) is 6.79. The zero-order chi connectivity index (χ0) is 19.7. The summed E-state index contributed by atoms with van der Waals surface area (Å²) < 4.78 is 6.77. The van der Waals surface area contributed by atoms with Gasteiger partial charge in [0.15, 0.2) is 5.69 Å². The van der Waals surface area contributed by atoms with Crippen molar-refractivity contribution in [2.24, 2.45) is 7.05 Å². The minimum Gasteiger partial charge on any atom is -0.497 e. The van der Waals surface area contributed by atoms with Crippen molar-refractivity contribution in [1.29, 1.82) is 0 Å². The molecule has 0 radical (unpaired) electrons. The number of piperazine rings is 1. The van der Waals surface area contributed by atoms with Crippen LogP contribution in [0.4, 0.5) is 5.69 Å². The van der Waals surface area contributed by atoms with E-state index in [4.69, 9.17) is 4.74 Å². The van der Waals surface area contributed by atoms with E-state index in [1.165, 1.54) is 4.57 Å². The molecule has 1 saturated heterocycles. The van der Waals surface area contributed by atoms with Gasteiger partial charge in [-0.15, -0.1) is 0 Å². The molecule has 2 aromatic carbocycles. The summed E-state index contributed by atoms with van der Waals surface area (Å²) in [6.07, 6.45) is 0. The molecule has 2 heterocycles. The topological polar surface area (TPSA) is 67.7 Å². The van der Waals surface area contributed by atoms with Gasteiger partial charge in [-0.25, -0.2) is 4.98 Å². The van der Waals surface area contributed by atoms with Gasteiger partial charge >= 0.3 is 0 Å². The van der Waals surface area contributed by atoms with E-state index < -0.39 is 0 Å². The lowest BCUT2D eigenvalue weighted by atomic mass is 10.2. The van der Waals surface area contributed by atoms with Gasteiger partial charge in [0, 0.05) is 45.0 Å². The summed E-state index contributed by atoms with van der Waals surface area (Å²) in [5.41, 5.74) is 2.04. The highest BCUT2D eigenvalue weighted by atomic mass is 16.5. The highest BCUT2D eigenvalue weighted by molar-refractivity contribution is 5.94. The molecule has 0 N–H and O–H groups in total. The fraction of sp³-hybridized carbons (Fsp3) is 0.286. The number of rotatable bonds is 3. The van der Waals surface area contributed by atoms with Crippen LogP contribution in [-0.2, 0) is 7.05 Å². The Morgan fingerprint density at radius 3 is 2.54 bits per heavy atom. The Hall–Kier alpha value is -3.35. The molecule has 0 saturated carbocycles. The van der Waals surface area contributed by atoms with Crippen molar-refractivity contribution in [1.82, 2.24) is 14.5 Å². The van der Waals surface area contributed by atoms with Crippen molar-refractivity contribution < 1.29 is 9.53 Å². The van der Waals surface area contributed by atoms with Gasteiger partial charge < -0.3 is 19.1 Å². The lowest BCUT2D eigenvalue weighted by molar-refractivity contribution is 0.0738. The Morgan fingerprint density at radius 2 is 1.79 bits per heavy atom. The standard InChI is InChI=1S/C21H22N4O3/c1-23-18-9-4-3-8-17(18)22-19(20(23)26)21(27)25-12-10-24(11-13-25)15-6-5-7-16(14-15)28-2/h3-9,14H,10-13H2,1-2H3. The number of carbonyl (C=O) groups is 1. The first-order chi connectivity index (χ1) is 13.6. The lowest BCUT2D eigenvalue weighted by Crippen LogP contribution is -2.50. The van der Waals surface area contributed by atoms with Gasteiger partial charge in [0.1, 0.15) is 5.75 Å². The number of nitrogens with zero attached hydrogens (tertiary/aromatic N) is 4. The van der Waals surface area contributed by atoms with Gasteiger partial charge in [0.25, 0.3) is 11.5 Å². The van der Waals surface area contributed by atoms with E-state index in [0.29, 0.717) is 37.2 Å². The molecular weight excluding hydrogens is 356 g/mol. The number of para-hydroxylation sites is 2. The number of hydrogen-bond donors (Lipinski definition) is 0. The number of amides is 1. The molecule has 0 atom stereocenters. The molecule has 1 aromatic heterocycles. The van der Waals surface area contributed by atoms with Crippen LogP contribution in [0, 0.1) is 0 Å². The Balaban J connectivity index is 1.54. The normalized spacial score (nSPS) is 14.4. The summed E-state index contributed by atoms with van der Waals surface area (Å²) in [5.74, 6) is 0.497. The smallest absolute Gasteiger partial charge is 0.282 e. The third kappa shape index (κ3) is 3.19. The van der Waals surface area contributed by atoms with Gasteiger partial charge in [-0.2, -0.15) is 0 Å². The first kappa shape index (κ1) is 18.0. The second-order valence-electron chi connectivity index (χ2n) is 6.79. The molecule has 4 rings (SSSR count). The Labute approximate surface area is 162 Å². The van der Waals surface area contributed by atoms with Gasteiger partial charge in [-0.1, -0.05) is 18.2 Å². The zero-order valence-corrected chi connectivity index (χ0v) is 16.0. The second kappa shape index (κ2) is 7.34. The molecule has 0 bridgehead atoms. The maximum Gasteiger partial charge on any atom is 0.282 e. The van der Waals surface area contributed by atoms with Crippen molar-refractivity contribution in [3.63, 3.8) is 0 Å². The molecule has 28 heavy (non-hydrogen) atoms. The Morgan fingerprint density at radius 1 is 1.04 bits per heavy atom. The summed E-state index contributed by atoms with van der Waals surface area (Å²) in [6.45, 7) is 2.45. The van der Waals surface area contributed by atoms with Gasteiger partial charge in [0.2, 0.25) is 0 Å². The molecule has 1 aliphatic rings. The van der Waals surface area contributed by atoms with Crippen LogP contribution in [0.15, 0.2) is 53.3 Å².